The van der Waals surface area contributed by atoms with E-state index in [1.807, 2.05) is 24.3 Å². The first-order valence-corrected chi connectivity index (χ1v) is 3.20. The minimum absolute atomic E-state index is 0. The second-order valence-corrected chi connectivity index (χ2v) is 2.05. The average molecular weight is 171 g/mol. The lowest BCUT2D eigenvalue weighted by atomic mass is 10.2. The third kappa shape index (κ3) is 2.82. The zero-order chi connectivity index (χ0) is 7.40. The maximum Gasteiger partial charge on any atom is 0.118 e. The molecule has 0 fully saturated rings. The van der Waals surface area contributed by atoms with Gasteiger partial charge in [0, 0.05) is 6.54 Å². The lowest BCUT2D eigenvalue weighted by Gasteiger charge is -1.99. The number of ether oxygens (including phenoxy) is 1. The predicted octanol–water partition coefficient (Wildman–Crippen LogP) is 1.27. The molecule has 0 spiro atoms. The number of rotatable bonds is 2. The van der Waals surface area contributed by atoms with E-state index < -0.39 is 0 Å². The summed E-state index contributed by atoms with van der Waals surface area (Å²) in [5, 5.41) is 0. The molecule has 0 radical (unpaired) electrons. The Labute approximate surface area is 73.8 Å². The summed E-state index contributed by atoms with van der Waals surface area (Å²) in [7, 11) is 1.65. The maximum atomic E-state index is 5.40. The molecule has 0 aliphatic rings. The Bertz CT molecular complexity index is 175. The van der Waals surface area contributed by atoms with Gasteiger partial charge in [0.25, 0.3) is 0 Å². The quantitative estimate of drug-likeness (QED) is 0.727. The Balaban J connectivity index is 0.000001000. The highest BCUT2D eigenvalue weighted by atomic mass is 32.1. The average Bonchev–Trinajstić information content (AvgIpc) is 2.05. The largest absolute Gasteiger partial charge is 0.497 e. The van der Waals surface area contributed by atoms with Crippen molar-refractivity contribution in [1.29, 1.82) is 0 Å². The van der Waals surface area contributed by atoms with Crippen molar-refractivity contribution < 1.29 is 4.74 Å². The van der Waals surface area contributed by atoms with Crippen LogP contribution in [-0.2, 0) is 6.54 Å². The Morgan fingerprint density at radius 2 is 1.82 bits per heavy atom. The van der Waals surface area contributed by atoms with E-state index in [2.05, 4.69) is 0 Å². The van der Waals surface area contributed by atoms with Crippen LogP contribution in [0.3, 0.4) is 0 Å². The molecule has 0 saturated heterocycles. The van der Waals surface area contributed by atoms with Gasteiger partial charge in [0.15, 0.2) is 0 Å². The van der Waals surface area contributed by atoms with Crippen LogP contribution in [0.25, 0.3) is 0 Å². The molecule has 0 aromatic heterocycles. The van der Waals surface area contributed by atoms with Gasteiger partial charge in [-0.1, -0.05) is 12.1 Å². The minimum Gasteiger partial charge on any atom is -0.497 e. The Morgan fingerprint density at radius 1 is 1.27 bits per heavy atom. The minimum atomic E-state index is 0. The number of hydrogen-bond donors (Lipinski definition) is 1. The molecule has 62 valence electrons. The van der Waals surface area contributed by atoms with Crippen molar-refractivity contribution in [3.63, 3.8) is 0 Å². The molecule has 0 bridgehead atoms. The van der Waals surface area contributed by atoms with Gasteiger partial charge in [0.2, 0.25) is 0 Å². The van der Waals surface area contributed by atoms with Crippen LogP contribution in [0.2, 0.25) is 0 Å². The number of hydrogen-bond acceptors (Lipinski definition) is 2. The van der Waals surface area contributed by atoms with E-state index in [0.29, 0.717) is 6.54 Å². The van der Waals surface area contributed by atoms with Gasteiger partial charge in [-0.05, 0) is 17.7 Å². The van der Waals surface area contributed by atoms with Gasteiger partial charge in [0.1, 0.15) is 5.75 Å². The van der Waals surface area contributed by atoms with Crippen LogP contribution < -0.4 is 10.5 Å². The van der Waals surface area contributed by atoms with Gasteiger partial charge in [-0.2, -0.15) is 13.5 Å². The summed E-state index contributed by atoms with van der Waals surface area (Å²) in [6.07, 6.45) is 0. The Morgan fingerprint density at radius 3 is 2.18 bits per heavy atom. The van der Waals surface area contributed by atoms with E-state index in [9.17, 15) is 0 Å². The van der Waals surface area contributed by atoms with Crippen LogP contribution in [0, 0.1) is 0 Å². The van der Waals surface area contributed by atoms with E-state index in [-0.39, 0.29) is 13.5 Å². The van der Waals surface area contributed by atoms with Crippen LogP contribution in [0.1, 0.15) is 5.56 Å². The van der Waals surface area contributed by atoms with Crippen molar-refractivity contribution in [3.8, 4) is 5.75 Å². The molecule has 0 aliphatic heterocycles. The summed E-state index contributed by atoms with van der Waals surface area (Å²) in [5.41, 5.74) is 6.53. The standard InChI is InChI=1S/C8H11NO.H2S/c1-10-8-4-2-7(6-9)3-5-8;/h2-5H,6,9H2,1H3;1H2. The fourth-order valence-corrected chi connectivity index (χ4v) is 0.762. The van der Waals surface area contributed by atoms with Gasteiger partial charge < -0.3 is 10.5 Å². The summed E-state index contributed by atoms with van der Waals surface area (Å²) in [4.78, 5) is 0. The lowest BCUT2D eigenvalue weighted by Crippen LogP contribution is -1.95. The first-order chi connectivity index (χ1) is 4.86. The van der Waals surface area contributed by atoms with Gasteiger partial charge in [-0.3, -0.25) is 0 Å². The molecule has 2 nitrogen and oxygen atoms in total. The second kappa shape index (κ2) is 5.04. The smallest absolute Gasteiger partial charge is 0.118 e. The SMILES string of the molecule is COc1ccc(CN)cc1.S. The molecule has 0 aliphatic carbocycles. The van der Waals surface area contributed by atoms with Crippen LogP contribution in [-0.4, -0.2) is 7.11 Å². The van der Waals surface area contributed by atoms with E-state index >= 15 is 0 Å². The molecule has 3 heteroatoms. The molecule has 1 rings (SSSR count). The van der Waals surface area contributed by atoms with Gasteiger partial charge in [-0.25, -0.2) is 0 Å². The van der Waals surface area contributed by atoms with E-state index in [1.54, 1.807) is 7.11 Å². The number of nitrogens with two attached hydrogens (primary N) is 1. The van der Waals surface area contributed by atoms with Crippen LogP contribution in [0.4, 0.5) is 0 Å². The molecular formula is C8H13NOS. The van der Waals surface area contributed by atoms with Crippen molar-refractivity contribution in [3.05, 3.63) is 29.8 Å². The highest BCUT2D eigenvalue weighted by Gasteiger charge is 1.89. The van der Waals surface area contributed by atoms with Crippen molar-refractivity contribution in [1.82, 2.24) is 0 Å². The van der Waals surface area contributed by atoms with Crippen molar-refractivity contribution in [2.45, 2.75) is 6.54 Å². The third-order valence-electron chi connectivity index (χ3n) is 1.39. The van der Waals surface area contributed by atoms with E-state index in [4.69, 9.17) is 10.5 Å². The van der Waals surface area contributed by atoms with Crippen LogP contribution in [0.15, 0.2) is 24.3 Å². The van der Waals surface area contributed by atoms with Crippen molar-refractivity contribution in [2.24, 2.45) is 5.73 Å². The summed E-state index contributed by atoms with van der Waals surface area (Å²) >= 11 is 0. The molecule has 0 saturated carbocycles. The van der Waals surface area contributed by atoms with E-state index in [1.165, 1.54) is 0 Å². The molecule has 0 heterocycles. The second-order valence-electron chi connectivity index (χ2n) is 2.05. The first-order valence-electron chi connectivity index (χ1n) is 3.20. The third-order valence-corrected chi connectivity index (χ3v) is 1.39. The maximum absolute atomic E-state index is 5.40. The van der Waals surface area contributed by atoms with Gasteiger partial charge in [-0.15, -0.1) is 0 Å². The molecule has 1 aromatic rings. The van der Waals surface area contributed by atoms with E-state index in [0.717, 1.165) is 11.3 Å². The summed E-state index contributed by atoms with van der Waals surface area (Å²) in [6.45, 7) is 0.587. The molecular weight excluding hydrogens is 158 g/mol. The Kier molecular flexibility index (Phi) is 4.74. The van der Waals surface area contributed by atoms with Crippen LogP contribution in [0.5, 0.6) is 5.75 Å². The normalized spacial score (nSPS) is 8.55. The molecule has 2 N–H and O–H groups in total. The molecule has 0 unspecified atom stereocenters. The topological polar surface area (TPSA) is 35.2 Å². The van der Waals surface area contributed by atoms with Gasteiger partial charge in [0.05, 0.1) is 7.11 Å². The fourth-order valence-electron chi connectivity index (χ4n) is 0.762. The zero-order valence-corrected chi connectivity index (χ0v) is 7.50. The van der Waals surface area contributed by atoms with Crippen molar-refractivity contribution >= 4 is 13.5 Å². The monoisotopic (exact) mass is 171 g/mol. The van der Waals surface area contributed by atoms with Gasteiger partial charge >= 0.3 is 0 Å². The predicted molar refractivity (Wildman–Crippen MR) is 51.3 cm³/mol. The highest BCUT2D eigenvalue weighted by molar-refractivity contribution is 7.59. The fraction of sp³-hybridized carbons (Fsp3) is 0.250. The molecule has 0 amide bonds. The first kappa shape index (κ1) is 10.3. The molecule has 0 atom stereocenters. The summed E-state index contributed by atoms with van der Waals surface area (Å²) < 4.78 is 4.97. The summed E-state index contributed by atoms with van der Waals surface area (Å²) in [6, 6.07) is 7.72. The zero-order valence-electron chi connectivity index (χ0n) is 6.50. The van der Waals surface area contributed by atoms with Crippen LogP contribution >= 0.6 is 13.5 Å². The molecule has 11 heavy (non-hydrogen) atoms. The van der Waals surface area contributed by atoms with Crippen molar-refractivity contribution in [2.75, 3.05) is 7.11 Å². The number of benzene rings is 1. The Hall–Kier alpha value is -0.670. The molecule has 1 aromatic carbocycles. The highest BCUT2D eigenvalue weighted by Crippen LogP contribution is 2.09. The number of methoxy groups -OCH3 is 1. The summed E-state index contributed by atoms with van der Waals surface area (Å²) in [5.74, 6) is 0.872. The lowest BCUT2D eigenvalue weighted by molar-refractivity contribution is 0.414.